The quantitative estimate of drug-likeness (QED) is 0.689. The topological polar surface area (TPSA) is 55.4 Å². The fourth-order valence-electron chi connectivity index (χ4n) is 1.77. The second kappa shape index (κ2) is 6.21. The average Bonchev–Trinajstić information content (AvgIpc) is 2.48. The minimum absolute atomic E-state index is 0.391. The van der Waals surface area contributed by atoms with E-state index in [-0.39, 0.29) is 0 Å². The molecular weight excluding hydrogens is 278 g/mol. The fraction of sp³-hybridized carbons (Fsp3) is 0.0667. The summed E-state index contributed by atoms with van der Waals surface area (Å²) in [5.74, 6) is -0.449. The molecule has 0 aliphatic rings. The highest BCUT2D eigenvalue weighted by atomic mass is 35.5. The number of aldehydes is 1. The van der Waals surface area contributed by atoms with Crippen LogP contribution in [0.25, 0.3) is 0 Å². The Morgan fingerprint density at radius 2 is 1.95 bits per heavy atom. The maximum atomic E-state index is 11.7. The Hall–Kier alpha value is -2.33. The van der Waals surface area contributed by atoms with Gasteiger partial charge in [0, 0.05) is 16.3 Å². The second-order valence-corrected chi connectivity index (χ2v) is 4.45. The van der Waals surface area contributed by atoms with Crippen molar-refractivity contribution in [2.24, 2.45) is 0 Å². The summed E-state index contributed by atoms with van der Waals surface area (Å²) < 4.78 is 4.72. The molecule has 0 saturated carbocycles. The van der Waals surface area contributed by atoms with Crippen LogP contribution in [0.15, 0.2) is 42.5 Å². The van der Waals surface area contributed by atoms with Crippen molar-refractivity contribution in [2.45, 2.75) is 0 Å². The molecule has 4 nitrogen and oxygen atoms in total. The Kier molecular flexibility index (Phi) is 4.38. The van der Waals surface area contributed by atoms with E-state index in [0.717, 1.165) is 0 Å². The SMILES string of the molecule is COC(=O)c1ccccc1Nc1ccc(Cl)cc1C=O. The largest absolute Gasteiger partial charge is 0.465 e. The van der Waals surface area contributed by atoms with E-state index in [1.165, 1.54) is 7.11 Å². The van der Waals surface area contributed by atoms with Crippen LogP contribution in [0.3, 0.4) is 0 Å². The molecule has 0 amide bonds. The van der Waals surface area contributed by atoms with Gasteiger partial charge in [0.25, 0.3) is 0 Å². The van der Waals surface area contributed by atoms with Crippen molar-refractivity contribution in [2.75, 3.05) is 12.4 Å². The smallest absolute Gasteiger partial charge is 0.339 e. The number of esters is 1. The first-order valence-corrected chi connectivity index (χ1v) is 6.22. The van der Waals surface area contributed by atoms with E-state index in [1.54, 1.807) is 42.5 Å². The number of halogens is 1. The first-order chi connectivity index (χ1) is 9.65. The molecule has 5 heteroatoms. The predicted octanol–water partition coefficient (Wildman–Crippen LogP) is 3.68. The molecule has 1 N–H and O–H groups in total. The van der Waals surface area contributed by atoms with Crippen molar-refractivity contribution < 1.29 is 14.3 Å². The van der Waals surface area contributed by atoms with Gasteiger partial charge in [-0.15, -0.1) is 0 Å². The average molecular weight is 290 g/mol. The van der Waals surface area contributed by atoms with Crippen molar-refractivity contribution in [3.8, 4) is 0 Å². The molecule has 0 radical (unpaired) electrons. The molecule has 2 aromatic carbocycles. The zero-order chi connectivity index (χ0) is 14.5. The molecule has 0 fully saturated rings. The normalized spacial score (nSPS) is 9.90. The molecule has 20 heavy (non-hydrogen) atoms. The number of methoxy groups -OCH3 is 1. The molecule has 0 aliphatic carbocycles. The zero-order valence-electron chi connectivity index (χ0n) is 10.7. The number of anilines is 2. The van der Waals surface area contributed by atoms with Crippen LogP contribution in [0.5, 0.6) is 0 Å². The molecule has 0 bridgehead atoms. The number of nitrogens with one attached hydrogen (secondary N) is 1. The summed E-state index contributed by atoms with van der Waals surface area (Å²) in [6.07, 6.45) is 0.703. The zero-order valence-corrected chi connectivity index (χ0v) is 11.5. The highest BCUT2D eigenvalue weighted by molar-refractivity contribution is 6.31. The molecule has 0 aliphatic heterocycles. The van der Waals surface area contributed by atoms with Crippen LogP contribution in [-0.2, 0) is 4.74 Å². The van der Waals surface area contributed by atoms with E-state index >= 15 is 0 Å². The third kappa shape index (κ3) is 2.97. The summed E-state index contributed by atoms with van der Waals surface area (Å²) in [5.41, 5.74) is 1.93. The van der Waals surface area contributed by atoms with E-state index in [1.807, 2.05) is 0 Å². The van der Waals surface area contributed by atoms with E-state index in [0.29, 0.717) is 33.8 Å². The minimum Gasteiger partial charge on any atom is -0.465 e. The third-order valence-corrected chi connectivity index (χ3v) is 2.98. The summed E-state index contributed by atoms with van der Waals surface area (Å²) in [6.45, 7) is 0. The standard InChI is InChI=1S/C15H12ClNO3/c1-20-15(19)12-4-2-3-5-14(12)17-13-7-6-11(16)8-10(13)9-18/h2-9,17H,1H3. The maximum Gasteiger partial charge on any atom is 0.339 e. The number of hydrogen-bond donors (Lipinski definition) is 1. The first kappa shape index (κ1) is 14.1. The molecule has 2 rings (SSSR count). The van der Waals surface area contributed by atoms with Crippen molar-refractivity contribution in [1.82, 2.24) is 0 Å². The van der Waals surface area contributed by atoms with Crippen molar-refractivity contribution in [1.29, 1.82) is 0 Å². The lowest BCUT2D eigenvalue weighted by Crippen LogP contribution is -2.06. The lowest BCUT2D eigenvalue weighted by molar-refractivity contribution is 0.0602. The summed E-state index contributed by atoms with van der Waals surface area (Å²) >= 11 is 5.84. The van der Waals surface area contributed by atoms with Crippen molar-refractivity contribution in [3.63, 3.8) is 0 Å². The van der Waals surface area contributed by atoms with Crippen LogP contribution in [0.1, 0.15) is 20.7 Å². The van der Waals surface area contributed by atoms with Gasteiger partial charge in [0.05, 0.1) is 18.4 Å². The predicted molar refractivity (Wildman–Crippen MR) is 77.9 cm³/mol. The van der Waals surface area contributed by atoms with E-state index in [2.05, 4.69) is 5.32 Å². The van der Waals surface area contributed by atoms with Gasteiger partial charge in [-0.25, -0.2) is 4.79 Å². The van der Waals surface area contributed by atoms with Gasteiger partial charge in [-0.3, -0.25) is 4.79 Å². The van der Waals surface area contributed by atoms with E-state index < -0.39 is 5.97 Å². The van der Waals surface area contributed by atoms with Crippen LogP contribution in [0, 0.1) is 0 Å². The molecular formula is C15H12ClNO3. The van der Waals surface area contributed by atoms with Gasteiger partial charge < -0.3 is 10.1 Å². The highest BCUT2D eigenvalue weighted by Crippen LogP contribution is 2.25. The van der Waals surface area contributed by atoms with Crippen molar-refractivity contribution >= 4 is 35.2 Å². The van der Waals surface area contributed by atoms with E-state index in [4.69, 9.17) is 16.3 Å². The monoisotopic (exact) mass is 289 g/mol. The lowest BCUT2D eigenvalue weighted by atomic mass is 10.1. The number of para-hydroxylation sites is 1. The van der Waals surface area contributed by atoms with E-state index in [9.17, 15) is 9.59 Å². The Morgan fingerprint density at radius 1 is 1.20 bits per heavy atom. The lowest BCUT2D eigenvalue weighted by Gasteiger charge is -2.12. The van der Waals surface area contributed by atoms with Gasteiger partial charge >= 0.3 is 5.97 Å². The Balaban J connectivity index is 2.40. The molecule has 0 atom stereocenters. The Bertz CT molecular complexity index is 655. The van der Waals surface area contributed by atoms with Crippen molar-refractivity contribution in [3.05, 3.63) is 58.6 Å². The molecule has 0 heterocycles. The molecule has 102 valence electrons. The van der Waals surface area contributed by atoms with Gasteiger partial charge in [0.2, 0.25) is 0 Å². The molecule has 0 saturated heterocycles. The summed E-state index contributed by atoms with van der Waals surface area (Å²) in [7, 11) is 1.32. The highest BCUT2D eigenvalue weighted by Gasteiger charge is 2.12. The molecule has 0 spiro atoms. The van der Waals surface area contributed by atoms with Crippen LogP contribution >= 0.6 is 11.6 Å². The minimum atomic E-state index is -0.449. The van der Waals surface area contributed by atoms with Crippen LogP contribution in [0.2, 0.25) is 5.02 Å². The van der Waals surface area contributed by atoms with Gasteiger partial charge in [-0.2, -0.15) is 0 Å². The number of rotatable bonds is 4. The number of carbonyl (C=O) groups is 2. The second-order valence-electron chi connectivity index (χ2n) is 4.01. The van der Waals surface area contributed by atoms with Gasteiger partial charge in [0.1, 0.15) is 0 Å². The fourth-order valence-corrected chi connectivity index (χ4v) is 1.95. The maximum absolute atomic E-state index is 11.7. The van der Waals surface area contributed by atoms with Crippen LogP contribution in [-0.4, -0.2) is 19.4 Å². The number of carbonyl (C=O) groups excluding carboxylic acids is 2. The number of ether oxygens (including phenoxy) is 1. The summed E-state index contributed by atoms with van der Waals surface area (Å²) in [4.78, 5) is 22.7. The Morgan fingerprint density at radius 3 is 2.65 bits per heavy atom. The number of benzene rings is 2. The molecule has 2 aromatic rings. The summed E-state index contributed by atoms with van der Waals surface area (Å²) in [5, 5.41) is 3.51. The first-order valence-electron chi connectivity index (χ1n) is 5.85. The third-order valence-electron chi connectivity index (χ3n) is 2.74. The van der Waals surface area contributed by atoms with Gasteiger partial charge in [0.15, 0.2) is 6.29 Å². The van der Waals surface area contributed by atoms with Gasteiger partial charge in [-0.1, -0.05) is 23.7 Å². The Labute approximate surface area is 121 Å². The number of hydrogen-bond acceptors (Lipinski definition) is 4. The molecule has 0 unspecified atom stereocenters. The van der Waals surface area contributed by atoms with Crippen LogP contribution in [0.4, 0.5) is 11.4 Å². The molecule has 0 aromatic heterocycles. The van der Waals surface area contributed by atoms with Gasteiger partial charge in [-0.05, 0) is 30.3 Å². The summed E-state index contributed by atoms with van der Waals surface area (Å²) in [6, 6.07) is 11.8. The van der Waals surface area contributed by atoms with Crippen LogP contribution < -0.4 is 5.32 Å².